The lowest BCUT2D eigenvalue weighted by atomic mass is 9.99. The lowest BCUT2D eigenvalue weighted by Gasteiger charge is -2.07. The number of unbranched alkanes of at least 4 members (excludes halogenated alkanes) is 20. The maximum absolute atomic E-state index is 2.46. The summed E-state index contributed by atoms with van der Waals surface area (Å²) in [6.45, 7) is 7.02. The van der Waals surface area contributed by atoms with Crippen molar-refractivity contribution in [3.8, 4) is 0 Å². The molecule has 0 fully saturated rings. The minimum Gasteiger partial charge on any atom is -0.0885 e. The van der Waals surface area contributed by atoms with Crippen LogP contribution in [0.5, 0.6) is 0 Å². The molecule has 0 aromatic rings. The van der Waals surface area contributed by atoms with Crippen LogP contribution in [0.25, 0.3) is 0 Å². The Labute approximate surface area is 193 Å². The predicted octanol–water partition coefficient (Wildman–Crippen LogP) is 11.6. The van der Waals surface area contributed by atoms with E-state index >= 15 is 0 Å². The quantitative estimate of drug-likeness (QED) is 0.102. The molecule has 0 aliphatic heterocycles. The van der Waals surface area contributed by atoms with Gasteiger partial charge in [0.1, 0.15) is 0 Å². The molecule has 0 aromatic heterocycles. The van der Waals surface area contributed by atoms with Crippen LogP contribution in [0.3, 0.4) is 0 Å². The van der Waals surface area contributed by atoms with Crippen LogP contribution in [-0.4, -0.2) is 0 Å². The van der Waals surface area contributed by atoms with Gasteiger partial charge in [0.05, 0.1) is 0 Å². The highest BCUT2D eigenvalue weighted by molar-refractivity contribution is 4.83. The molecule has 0 aliphatic rings. The highest BCUT2D eigenvalue weighted by Gasteiger charge is 1.99. The monoisotopic (exact) mass is 420 g/mol. The lowest BCUT2D eigenvalue weighted by molar-refractivity contribution is 0.493. The van der Waals surface area contributed by atoms with E-state index in [1.54, 1.807) is 0 Å². The van der Waals surface area contributed by atoms with Crippen molar-refractivity contribution in [2.24, 2.45) is 5.92 Å². The Balaban J connectivity index is 3.14. The van der Waals surface area contributed by atoms with Gasteiger partial charge in [-0.1, -0.05) is 168 Å². The molecule has 0 nitrogen and oxygen atoms in total. The minimum absolute atomic E-state index is 0.883. The highest BCUT2D eigenvalue weighted by atomic mass is 14.0. The fourth-order valence-electron chi connectivity index (χ4n) is 4.47. The standard InChI is InChI=1S/C30H60/c1-4-6-8-10-11-12-13-14-15-16-17-18-19-20-21-22-23-24-25-27-29-30(3)28-26-9-7-5-2/h25,27,30H,4-24,26,28-29H2,1-3H3. The van der Waals surface area contributed by atoms with Crippen molar-refractivity contribution in [1.82, 2.24) is 0 Å². The first-order valence-corrected chi connectivity index (χ1v) is 14.5. The van der Waals surface area contributed by atoms with Gasteiger partial charge in [0.2, 0.25) is 0 Å². The van der Waals surface area contributed by atoms with Crippen LogP contribution >= 0.6 is 0 Å². The van der Waals surface area contributed by atoms with Crippen molar-refractivity contribution in [2.45, 2.75) is 175 Å². The van der Waals surface area contributed by atoms with Gasteiger partial charge in [-0.15, -0.1) is 0 Å². The van der Waals surface area contributed by atoms with E-state index in [9.17, 15) is 0 Å². The summed E-state index contributed by atoms with van der Waals surface area (Å²) in [4.78, 5) is 0. The molecule has 0 saturated carbocycles. The Morgan fingerprint density at radius 1 is 0.433 bits per heavy atom. The SMILES string of the molecule is CCCCCCCCCCCCCCCCCCCC=CCC(C)CCCCCC. The van der Waals surface area contributed by atoms with Gasteiger partial charge < -0.3 is 0 Å². The van der Waals surface area contributed by atoms with Gasteiger partial charge >= 0.3 is 0 Å². The van der Waals surface area contributed by atoms with Crippen molar-refractivity contribution in [3.05, 3.63) is 12.2 Å². The fourth-order valence-corrected chi connectivity index (χ4v) is 4.47. The molecule has 0 bridgehead atoms. The molecule has 0 heteroatoms. The average Bonchev–Trinajstić information content (AvgIpc) is 2.75. The van der Waals surface area contributed by atoms with Crippen molar-refractivity contribution in [2.75, 3.05) is 0 Å². The van der Waals surface area contributed by atoms with E-state index in [1.165, 1.54) is 154 Å². The zero-order valence-electron chi connectivity index (χ0n) is 21.7. The van der Waals surface area contributed by atoms with E-state index in [4.69, 9.17) is 0 Å². The summed E-state index contributed by atoms with van der Waals surface area (Å²) in [6, 6.07) is 0. The molecule has 0 amide bonds. The molecule has 0 saturated heterocycles. The fraction of sp³-hybridized carbons (Fsp3) is 0.933. The predicted molar refractivity (Wildman–Crippen MR) is 140 cm³/mol. The van der Waals surface area contributed by atoms with Crippen LogP contribution in [0.1, 0.15) is 175 Å². The molecule has 0 N–H and O–H groups in total. The van der Waals surface area contributed by atoms with Crippen LogP contribution in [0.2, 0.25) is 0 Å². The molecule has 0 rings (SSSR count). The van der Waals surface area contributed by atoms with Crippen molar-refractivity contribution in [3.63, 3.8) is 0 Å². The molecule has 1 unspecified atom stereocenters. The maximum Gasteiger partial charge on any atom is -0.0325 e. The Morgan fingerprint density at radius 3 is 1.23 bits per heavy atom. The molecule has 1 atom stereocenters. The van der Waals surface area contributed by atoms with Crippen LogP contribution < -0.4 is 0 Å². The number of allylic oxidation sites excluding steroid dienone is 2. The Kier molecular flexibility index (Phi) is 26.5. The normalized spacial score (nSPS) is 12.8. The molecular weight excluding hydrogens is 360 g/mol. The third-order valence-electron chi connectivity index (χ3n) is 6.73. The van der Waals surface area contributed by atoms with E-state index in [0.29, 0.717) is 0 Å². The van der Waals surface area contributed by atoms with Crippen molar-refractivity contribution >= 4 is 0 Å². The van der Waals surface area contributed by atoms with Crippen LogP contribution in [-0.2, 0) is 0 Å². The Morgan fingerprint density at radius 2 is 0.800 bits per heavy atom. The zero-order chi connectivity index (χ0) is 22.0. The molecule has 0 aliphatic carbocycles. The molecular formula is C30H60. The molecule has 0 heterocycles. The van der Waals surface area contributed by atoms with E-state index < -0.39 is 0 Å². The summed E-state index contributed by atoms with van der Waals surface area (Å²) >= 11 is 0. The van der Waals surface area contributed by atoms with E-state index in [1.807, 2.05) is 0 Å². The van der Waals surface area contributed by atoms with Gasteiger partial charge in [-0.3, -0.25) is 0 Å². The molecule has 0 spiro atoms. The number of hydrogen-bond donors (Lipinski definition) is 0. The third kappa shape index (κ3) is 25.8. The van der Waals surface area contributed by atoms with Crippen LogP contribution in [0.15, 0.2) is 12.2 Å². The largest absolute Gasteiger partial charge is 0.0885 e. The molecule has 0 aromatic carbocycles. The summed E-state index contributed by atoms with van der Waals surface area (Å²) < 4.78 is 0. The smallest absolute Gasteiger partial charge is 0.0325 e. The molecule has 30 heavy (non-hydrogen) atoms. The summed E-state index contributed by atoms with van der Waals surface area (Å²) in [5.74, 6) is 0.883. The van der Waals surface area contributed by atoms with E-state index in [-0.39, 0.29) is 0 Å². The summed E-state index contributed by atoms with van der Waals surface area (Å²) in [5, 5.41) is 0. The maximum atomic E-state index is 2.46. The van der Waals surface area contributed by atoms with Crippen molar-refractivity contribution in [1.29, 1.82) is 0 Å². The van der Waals surface area contributed by atoms with E-state index in [2.05, 4.69) is 32.9 Å². The summed E-state index contributed by atoms with van der Waals surface area (Å²) in [5.41, 5.74) is 0. The second-order valence-corrected chi connectivity index (χ2v) is 10.1. The Hall–Kier alpha value is -0.260. The van der Waals surface area contributed by atoms with E-state index in [0.717, 1.165) is 5.92 Å². The average molecular weight is 421 g/mol. The first kappa shape index (κ1) is 29.7. The number of hydrogen-bond acceptors (Lipinski definition) is 0. The summed E-state index contributed by atoms with van der Waals surface area (Å²) in [7, 11) is 0. The lowest BCUT2D eigenvalue weighted by Crippen LogP contribution is -1.92. The van der Waals surface area contributed by atoms with Gasteiger partial charge in [0.15, 0.2) is 0 Å². The summed E-state index contributed by atoms with van der Waals surface area (Å²) in [6.07, 6.45) is 39.4. The number of rotatable bonds is 25. The van der Waals surface area contributed by atoms with Gasteiger partial charge in [0.25, 0.3) is 0 Å². The molecule has 180 valence electrons. The second kappa shape index (κ2) is 26.8. The third-order valence-corrected chi connectivity index (χ3v) is 6.73. The highest BCUT2D eigenvalue weighted by Crippen LogP contribution is 2.16. The zero-order valence-corrected chi connectivity index (χ0v) is 21.7. The van der Waals surface area contributed by atoms with Gasteiger partial charge in [-0.2, -0.15) is 0 Å². The van der Waals surface area contributed by atoms with Crippen molar-refractivity contribution < 1.29 is 0 Å². The first-order valence-electron chi connectivity index (χ1n) is 14.5. The topological polar surface area (TPSA) is 0 Å². The second-order valence-electron chi connectivity index (χ2n) is 10.1. The first-order chi connectivity index (χ1) is 14.8. The molecule has 0 radical (unpaired) electrons. The van der Waals surface area contributed by atoms with Gasteiger partial charge in [0, 0.05) is 0 Å². The van der Waals surface area contributed by atoms with Crippen LogP contribution in [0.4, 0.5) is 0 Å². The van der Waals surface area contributed by atoms with Crippen LogP contribution in [0, 0.1) is 5.92 Å². The van der Waals surface area contributed by atoms with Gasteiger partial charge in [-0.25, -0.2) is 0 Å². The Bertz CT molecular complexity index is 316. The minimum atomic E-state index is 0.883. The van der Waals surface area contributed by atoms with Gasteiger partial charge in [-0.05, 0) is 25.2 Å².